The number of hydrogen-bond donors (Lipinski definition) is 0. The van der Waals surface area contributed by atoms with E-state index in [1.807, 2.05) is 19.9 Å². The molecule has 6 nitrogen and oxygen atoms in total. The van der Waals surface area contributed by atoms with Crippen LogP contribution in [0.15, 0.2) is 23.0 Å². The molecule has 0 aromatic carbocycles. The van der Waals surface area contributed by atoms with Gasteiger partial charge < -0.3 is 9.26 Å². The molecule has 0 bridgehead atoms. The highest BCUT2D eigenvalue weighted by molar-refractivity contribution is 5.76. The van der Waals surface area contributed by atoms with E-state index in [0.29, 0.717) is 24.7 Å². The van der Waals surface area contributed by atoms with Crippen LogP contribution in [0.25, 0.3) is 11.4 Å². The Morgan fingerprint density at radius 2 is 2.19 bits per heavy atom. The van der Waals surface area contributed by atoms with Crippen LogP contribution in [0, 0.1) is 0 Å². The third-order valence-electron chi connectivity index (χ3n) is 3.24. The maximum Gasteiger partial charge on any atom is 0.318 e. The van der Waals surface area contributed by atoms with Crippen LogP contribution in [-0.2, 0) is 16.0 Å². The average molecular weight is 289 g/mol. The molecular formula is C15H19N3O3. The van der Waals surface area contributed by atoms with Gasteiger partial charge in [0.1, 0.15) is 5.92 Å². The first-order valence-electron chi connectivity index (χ1n) is 7.14. The summed E-state index contributed by atoms with van der Waals surface area (Å²) in [6.07, 6.45) is 4.85. The zero-order valence-electron chi connectivity index (χ0n) is 12.5. The molecule has 2 rings (SSSR count). The van der Waals surface area contributed by atoms with E-state index >= 15 is 0 Å². The summed E-state index contributed by atoms with van der Waals surface area (Å²) >= 11 is 0. The van der Waals surface area contributed by atoms with Crippen molar-refractivity contribution < 1.29 is 14.1 Å². The second-order valence-corrected chi connectivity index (χ2v) is 4.56. The summed E-state index contributed by atoms with van der Waals surface area (Å²) in [5.74, 6) is -0.0735. The van der Waals surface area contributed by atoms with Gasteiger partial charge in [0.15, 0.2) is 0 Å². The Hall–Kier alpha value is -2.24. The van der Waals surface area contributed by atoms with Crippen molar-refractivity contribution in [3.8, 4) is 11.4 Å². The lowest BCUT2D eigenvalue weighted by Crippen LogP contribution is -2.15. The summed E-state index contributed by atoms with van der Waals surface area (Å²) in [4.78, 5) is 20.3. The van der Waals surface area contributed by atoms with Gasteiger partial charge in [0.25, 0.3) is 0 Å². The number of aromatic nitrogens is 3. The van der Waals surface area contributed by atoms with Crippen molar-refractivity contribution in [2.45, 2.75) is 39.5 Å². The number of ether oxygens (including phenoxy) is 1. The minimum Gasteiger partial charge on any atom is -0.465 e. The summed E-state index contributed by atoms with van der Waals surface area (Å²) in [6, 6.07) is 1.85. The Morgan fingerprint density at radius 1 is 1.38 bits per heavy atom. The smallest absolute Gasteiger partial charge is 0.318 e. The molecule has 0 aliphatic carbocycles. The molecule has 6 heteroatoms. The van der Waals surface area contributed by atoms with Crippen LogP contribution >= 0.6 is 0 Å². The standard InChI is InChI=1S/C15H19N3O3/c1-4-10-9-16-8-7-12(10)13-17-14(21-18-13)11(5-2)15(19)20-6-3/h7-9,11H,4-6H2,1-3H3. The fourth-order valence-corrected chi connectivity index (χ4v) is 2.10. The molecular weight excluding hydrogens is 270 g/mol. The third-order valence-corrected chi connectivity index (χ3v) is 3.24. The summed E-state index contributed by atoms with van der Waals surface area (Å²) in [7, 11) is 0. The number of carbonyl (C=O) groups excluding carboxylic acids is 1. The van der Waals surface area contributed by atoms with Gasteiger partial charge in [-0.1, -0.05) is 19.0 Å². The molecule has 0 fully saturated rings. The highest BCUT2D eigenvalue weighted by Gasteiger charge is 2.26. The van der Waals surface area contributed by atoms with Crippen LogP contribution in [0.5, 0.6) is 0 Å². The quantitative estimate of drug-likeness (QED) is 0.761. The molecule has 0 saturated carbocycles. The van der Waals surface area contributed by atoms with Gasteiger partial charge in [-0.3, -0.25) is 9.78 Å². The van der Waals surface area contributed by atoms with Crippen LogP contribution in [-0.4, -0.2) is 27.7 Å². The molecule has 0 spiro atoms. The van der Waals surface area contributed by atoms with E-state index in [0.717, 1.165) is 17.5 Å². The number of carbonyl (C=O) groups is 1. The number of rotatable bonds is 6. The first kappa shape index (κ1) is 15.2. The van der Waals surface area contributed by atoms with E-state index < -0.39 is 5.92 Å². The van der Waals surface area contributed by atoms with Gasteiger partial charge >= 0.3 is 5.97 Å². The van der Waals surface area contributed by atoms with Crippen LogP contribution in [0.3, 0.4) is 0 Å². The zero-order valence-corrected chi connectivity index (χ0v) is 12.5. The predicted molar refractivity (Wildman–Crippen MR) is 76.6 cm³/mol. The fourth-order valence-electron chi connectivity index (χ4n) is 2.10. The lowest BCUT2D eigenvalue weighted by atomic mass is 10.1. The molecule has 0 aliphatic heterocycles. The maximum absolute atomic E-state index is 11.9. The largest absolute Gasteiger partial charge is 0.465 e. The van der Waals surface area contributed by atoms with Gasteiger partial charge in [-0.2, -0.15) is 4.98 Å². The van der Waals surface area contributed by atoms with Gasteiger partial charge in [0, 0.05) is 18.0 Å². The SMILES string of the molecule is CCOC(=O)C(CC)c1nc(-c2ccncc2CC)no1. The van der Waals surface area contributed by atoms with Crippen LogP contribution < -0.4 is 0 Å². The van der Waals surface area contributed by atoms with Gasteiger partial charge in [-0.25, -0.2) is 0 Å². The molecule has 21 heavy (non-hydrogen) atoms. The van der Waals surface area contributed by atoms with Crippen molar-refractivity contribution in [2.24, 2.45) is 0 Å². The van der Waals surface area contributed by atoms with Gasteiger partial charge in [0.2, 0.25) is 11.7 Å². The Morgan fingerprint density at radius 3 is 2.86 bits per heavy atom. The highest BCUT2D eigenvalue weighted by Crippen LogP contribution is 2.25. The second kappa shape index (κ2) is 6.97. The molecule has 112 valence electrons. The molecule has 1 unspecified atom stereocenters. The molecule has 2 heterocycles. The Labute approximate surface area is 123 Å². The molecule has 1 atom stereocenters. The summed E-state index contributed by atoms with van der Waals surface area (Å²) in [5, 5.41) is 3.98. The molecule has 0 N–H and O–H groups in total. The molecule has 2 aromatic heterocycles. The maximum atomic E-state index is 11.9. The molecule has 0 radical (unpaired) electrons. The van der Waals surface area contributed by atoms with Crippen molar-refractivity contribution in [2.75, 3.05) is 6.61 Å². The van der Waals surface area contributed by atoms with Crippen molar-refractivity contribution in [3.05, 3.63) is 29.9 Å². The molecule has 0 amide bonds. The summed E-state index contributed by atoms with van der Waals surface area (Å²) in [6.45, 7) is 6.03. The summed E-state index contributed by atoms with van der Waals surface area (Å²) < 4.78 is 10.3. The van der Waals surface area contributed by atoms with E-state index in [4.69, 9.17) is 9.26 Å². The first-order valence-corrected chi connectivity index (χ1v) is 7.14. The van der Waals surface area contributed by atoms with Crippen molar-refractivity contribution in [3.63, 3.8) is 0 Å². The normalized spacial score (nSPS) is 12.1. The van der Waals surface area contributed by atoms with E-state index in [9.17, 15) is 4.79 Å². The number of aryl methyl sites for hydroxylation is 1. The Bertz CT molecular complexity index is 610. The predicted octanol–water partition coefficient (Wildman–Crippen LogP) is 2.75. The lowest BCUT2D eigenvalue weighted by molar-refractivity contribution is -0.145. The number of esters is 1. The summed E-state index contributed by atoms with van der Waals surface area (Å²) in [5.41, 5.74) is 1.91. The van der Waals surface area contributed by atoms with E-state index in [-0.39, 0.29) is 5.97 Å². The molecule has 0 saturated heterocycles. The topological polar surface area (TPSA) is 78.1 Å². The first-order chi connectivity index (χ1) is 10.2. The number of nitrogens with zero attached hydrogens (tertiary/aromatic N) is 3. The van der Waals surface area contributed by atoms with Crippen LogP contribution in [0.1, 0.15) is 44.6 Å². The highest BCUT2D eigenvalue weighted by atomic mass is 16.5. The minimum absolute atomic E-state index is 0.296. The number of hydrogen-bond acceptors (Lipinski definition) is 6. The molecule has 2 aromatic rings. The fraction of sp³-hybridized carbons (Fsp3) is 0.467. The van der Waals surface area contributed by atoms with Crippen molar-refractivity contribution in [1.29, 1.82) is 0 Å². The van der Waals surface area contributed by atoms with E-state index in [1.54, 1.807) is 19.3 Å². The van der Waals surface area contributed by atoms with Crippen molar-refractivity contribution in [1.82, 2.24) is 15.1 Å². The minimum atomic E-state index is -0.516. The monoisotopic (exact) mass is 289 g/mol. The Kier molecular flexibility index (Phi) is 5.03. The Balaban J connectivity index is 2.30. The van der Waals surface area contributed by atoms with Crippen LogP contribution in [0.2, 0.25) is 0 Å². The molecule has 0 aliphatic rings. The average Bonchev–Trinajstić information content (AvgIpc) is 2.97. The lowest BCUT2D eigenvalue weighted by Gasteiger charge is -2.08. The number of pyridine rings is 1. The van der Waals surface area contributed by atoms with Gasteiger partial charge in [-0.05, 0) is 31.4 Å². The zero-order chi connectivity index (χ0) is 15.2. The second-order valence-electron chi connectivity index (χ2n) is 4.56. The van der Waals surface area contributed by atoms with Gasteiger partial charge in [0.05, 0.1) is 6.61 Å². The van der Waals surface area contributed by atoms with Crippen molar-refractivity contribution >= 4 is 5.97 Å². The van der Waals surface area contributed by atoms with E-state index in [1.165, 1.54) is 0 Å². The third kappa shape index (κ3) is 3.26. The van der Waals surface area contributed by atoms with Gasteiger partial charge in [-0.15, -0.1) is 0 Å². The van der Waals surface area contributed by atoms with E-state index in [2.05, 4.69) is 15.1 Å². The van der Waals surface area contributed by atoms with Crippen LogP contribution in [0.4, 0.5) is 0 Å².